The molecule has 2 N–H and O–H groups in total. The summed E-state index contributed by atoms with van der Waals surface area (Å²) in [5, 5.41) is 16.1. The lowest BCUT2D eigenvalue weighted by Crippen LogP contribution is -2.20. The van der Waals surface area contributed by atoms with Gasteiger partial charge in [-0.3, -0.25) is 0 Å². The fraction of sp³-hybridized carbons (Fsp3) is 0.677. The molecule has 0 saturated carbocycles. The van der Waals surface area contributed by atoms with Gasteiger partial charge in [-0.2, -0.15) is 4.91 Å². The minimum atomic E-state index is -0.129. The van der Waals surface area contributed by atoms with Gasteiger partial charge in [0.1, 0.15) is 18.9 Å². The molecule has 0 aliphatic rings. The molecule has 1 atom stereocenters. The average Bonchev–Trinajstić information content (AvgIpc) is 3.03. The van der Waals surface area contributed by atoms with E-state index in [1.165, 1.54) is 0 Å². The number of hydrogen-bond acceptors (Lipinski definition) is 12. The van der Waals surface area contributed by atoms with Crippen molar-refractivity contribution in [2.45, 2.75) is 52.0 Å². The molecular formula is C31H56N2O8S2. The number of rotatable bonds is 28. The molecule has 1 rings (SSSR count). The van der Waals surface area contributed by atoms with E-state index in [0.717, 1.165) is 25.1 Å². The molecule has 10 nitrogen and oxygen atoms in total. The fourth-order valence-corrected chi connectivity index (χ4v) is 5.06. The van der Waals surface area contributed by atoms with Crippen molar-refractivity contribution >= 4 is 21.6 Å². The number of aliphatic hydroxyl groups is 1. The predicted molar refractivity (Wildman–Crippen MR) is 181 cm³/mol. The first-order chi connectivity index (χ1) is 21.1. The molecule has 0 bridgehead atoms. The molecule has 0 spiro atoms. The second-order valence-electron chi connectivity index (χ2n) is 8.48. The van der Waals surface area contributed by atoms with Crippen LogP contribution in [0.5, 0.6) is 5.75 Å². The Kier molecular flexibility index (Phi) is 35.2. The maximum Gasteiger partial charge on any atom is 0.120 e. The first-order valence-corrected chi connectivity index (χ1v) is 17.4. The SMILES string of the molecule is C=C.C=C(CCC(C)SSC)NCCOCCOCCOCCOCCOCCOc1cc(CO)cc(CN=O)c1.CC. The van der Waals surface area contributed by atoms with Gasteiger partial charge in [0.25, 0.3) is 0 Å². The van der Waals surface area contributed by atoms with Crippen molar-refractivity contribution in [2.75, 3.05) is 85.5 Å². The largest absolute Gasteiger partial charge is 0.491 e. The van der Waals surface area contributed by atoms with Crippen LogP contribution in [0.4, 0.5) is 0 Å². The van der Waals surface area contributed by atoms with E-state index in [-0.39, 0.29) is 13.2 Å². The third-order valence-electron chi connectivity index (χ3n) is 5.17. The van der Waals surface area contributed by atoms with Crippen LogP contribution in [0.15, 0.2) is 48.8 Å². The van der Waals surface area contributed by atoms with E-state index in [4.69, 9.17) is 28.4 Å². The monoisotopic (exact) mass is 648 g/mol. The molecule has 1 unspecified atom stereocenters. The Balaban J connectivity index is 0. The van der Waals surface area contributed by atoms with E-state index in [1.807, 2.05) is 24.6 Å². The maximum atomic E-state index is 10.5. The zero-order chi connectivity index (χ0) is 32.4. The van der Waals surface area contributed by atoms with Gasteiger partial charge in [-0.15, -0.1) is 13.2 Å². The van der Waals surface area contributed by atoms with Crippen molar-refractivity contribution in [3.05, 3.63) is 59.7 Å². The van der Waals surface area contributed by atoms with Gasteiger partial charge in [0, 0.05) is 17.5 Å². The molecule has 0 radical (unpaired) electrons. The molecule has 0 fully saturated rings. The van der Waals surface area contributed by atoms with Crippen molar-refractivity contribution in [1.82, 2.24) is 5.32 Å². The lowest BCUT2D eigenvalue weighted by molar-refractivity contribution is -0.0124. The van der Waals surface area contributed by atoms with Gasteiger partial charge in [-0.25, -0.2) is 0 Å². The molecule has 1 aromatic carbocycles. The normalized spacial score (nSPS) is 11.0. The van der Waals surface area contributed by atoms with E-state index >= 15 is 0 Å². The Hall–Kier alpha value is -1.64. The van der Waals surface area contributed by atoms with E-state index in [9.17, 15) is 10.0 Å². The van der Waals surface area contributed by atoms with Gasteiger partial charge < -0.3 is 38.8 Å². The molecule has 0 aliphatic heterocycles. The number of nitrogens with one attached hydrogen (secondary N) is 1. The van der Waals surface area contributed by atoms with Crippen molar-refractivity contribution in [2.24, 2.45) is 5.18 Å². The molecule has 0 heterocycles. The van der Waals surface area contributed by atoms with Crippen molar-refractivity contribution < 1.29 is 33.5 Å². The Labute approximate surface area is 268 Å². The van der Waals surface area contributed by atoms with E-state index < -0.39 is 0 Å². The molecule has 0 aromatic heterocycles. The van der Waals surface area contributed by atoms with Crippen molar-refractivity contribution in [1.29, 1.82) is 0 Å². The Morgan fingerprint density at radius 1 is 0.860 bits per heavy atom. The lowest BCUT2D eigenvalue weighted by atomic mass is 10.1. The molecule has 0 saturated heterocycles. The Bertz CT molecular complexity index is 777. The second-order valence-corrected chi connectivity index (χ2v) is 11.4. The van der Waals surface area contributed by atoms with Crippen LogP contribution < -0.4 is 10.1 Å². The first kappa shape index (κ1) is 43.5. The minimum Gasteiger partial charge on any atom is -0.491 e. The van der Waals surface area contributed by atoms with Gasteiger partial charge in [0.15, 0.2) is 0 Å². The fourth-order valence-electron chi connectivity index (χ4n) is 3.25. The summed E-state index contributed by atoms with van der Waals surface area (Å²) in [7, 11) is 3.71. The van der Waals surface area contributed by atoms with Crippen LogP contribution in [0.25, 0.3) is 0 Å². The smallest absolute Gasteiger partial charge is 0.120 e. The molecule has 12 heteroatoms. The predicted octanol–water partition coefficient (Wildman–Crippen LogP) is 6.02. The first-order valence-electron chi connectivity index (χ1n) is 14.7. The number of aliphatic hydroxyl groups excluding tert-OH is 1. The van der Waals surface area contributed by atoms with Gasteiger partial charge in [0.05, 0.1) is 72.7 Å². The van der Waals surface area contributed by atoms with E-state index in [1.54, 1.807) is 29.0 Å². The standard InChI is InChI=1S/C27H46N2O8S2.C2H6.C2H4/c1-23(4-5-24(2)39-38-3)28-6-7-32-8-9-33-10-11-34-12-13-35-14-15-36-16-17-37-27-19-25(21-29-31)18-26(20-27)22-30;2*1-2/h18-20,24,28,30H,1,4-17,21-22H2,2-3H3;1-2H3;1-2H2. The van der Waals surface area contributed by atoms with Gasteiger partial charge >= 0.3 is 0 Å². The lowest BCUT2D eigenvalue weighted by Gasteiger charge is -2.13. The highest BCUT2D eigenvalue weighted by Crippen LogP contribution is 2.26. The molecule has 1 aromatic rings. The maximum absolute atomic E-state index is 10.5. The quantitative estimate of drug-likeness (QED) is 0.0481. The summed E-state index contributed by atoms with van der Waals surface area (Å²) < 4.78 is 33.1. The van der Waals surface area contributed by atoms with Crippen LogP contribution in [0.3, 0.4) is 0 Å². The van der Waals surface area contributed by atoms with Crippen LogP contribution >= 0.6 is 21.6 Å². The highest BCUT2D eigenvalue weighted by Gasteiger charge is 2.04. The minimum absolute atomic E-state index is 0.0390. The number of nitroso groups, excluding NO2 is 1. The number of ether oxygens (including phenoxy) is 6. The highest BCUT2D eigenvalue weighted by molar-refractivity contribution is 8.76. The van der Waals surface area contributed by atoms with Gasteiger partial charge in [0.2, 0.25) is 0 Å². The zero-order valence-electron chi connectivity index (χ0n) is 26.8. The van der Waals surface area contributed by atoms with Crippen LogP contribution in [0, 0.1) is 4.91 Å². The highest BCUT2D eigenvalue weighted by atomic mass is 33.1. The average molecular weight is 649 g/mol. The van der Waals surface area contributed by atoms with Gasteiger partial charge in [-0.1, -0.05) is 60.2 Å². The van der Waals surface area contributed by atoms with Crippen LogP contribution in [0.1, 0.15) is 44.7 Å². The van der Waals surface area contributed by atoms with Crippen molar-refractivity contribution in [3.63, 3.8) is 0 Å². The molecule has 0 aliphatic carbocycles. The Morgan fingerprint density at radius 3 is 1.84 bits per heavy atom. The van der Waals surface area contributed by atoms with Crippen molar-refractivity contribution in [3.8, 4) is 5.75 Å². The summed E-state index contributed by atoms with van der Waals surface area (Å²) in [6.07, 6.45) is 4.22. The van der Waals surface area contributed by atoms with Gasteiger partial charge in [-0.05, 0) is 42.4 Å². The number of benzene rings is 1. The van der Waals surface area contributed by atoms with E-state index in [2.05, 4.69) is 43.4 Å². The number of allylic oxidation sites excluding steroid dienone is 1. The molecule has 0 amide bonds. The summed E-state index contributed by atoms with van der Waals surface area (Å²) in [5.41, 5.74) is 2.44. The number of nitrogens with zero attached hydrogens (tertiary/aromatic N) is 1. The summed E-state index contributed by atoms with van der Waals surface area (Å²) >= 11 is 0. The molecule has 43 heavy (non-hydrogen) atoms. The second kappa shape index (κ2) is 34.8. The number of hydrogen-bond donors (Lipinski definition) is 2. The zero-order valence-corrected chi connectivity index (χ0v) is 28.4. The summed E-state index contributed by atoms with van der Waals surface area (Å²) in [6, 6.07) is 5.18. The van der Waals surface area contributed by atoms with E-state index in [0.29, 0.717) is 94.8 Å². The Morgan fingerprint density at radius 2 is 1.35 bits per heavy atom. The topological polar surface area (TPSA) is 117 Å². The molecular weight excluding hydrogens is 592 g/mol. The molecule has 250 valence electrons. The summed E-state index contributed by atoms with van der Waals surface area (Å²) in [5.74, 6) is 0.574. The van der Waals surface area contributed by atoms with Crippen LogP contribution in [-0.4, -0.2) is 95.8 Å². The summed E-state index contributed by atoms with van der Waals surface area (Å²) in [4.78, 5) is 10.5. The summed E-state index contributed by atoms with van der Waals surface area (Å²) in [6.45, 7) is 22.3. The van der Waals surface area contributed by atoms with Crippen LogP contribution in [-0.2, 0) is 36.8 Å². The third kappa shape index (κ3) is 28.9. The van der Waals surface area contributed by atoms with Crippen LogP contribution in [0.2, 0.25) is 0 Å². The third-order valence-corrected chi connectivity index (χ3v) is 7.49.